The van der Waals surface area contributed by atoms with Crippen LogP contribution in [0.5, 0.6) is 0 Å². The van der Waals surface area contributed by atoms with Gasteiger partial charge in [-0.1, -0.05) is 73.2 Å². The summed E-state index contributed by atoms with van der Waals surface area (Å²) in [4.78, 5) is 0. The van der Waals surface area contributed by atoms with Crippen LogP contribution in [-0.2, 0) is 6.42 Å². The van der Waals surface area contributed by atoms with E-state index in [9.17, 15) is 8.78 Å². The number of aryl methyl sites for hydroxylation is 1. The van der Waals surface area contributed by atoms with Crippen molar-refractivity contribution in [2.75, 3.05) is 0 Å². The van der Waals surface area contributed by atoms with Crippen molar-refractivity contribution < 1.29 is 8.78 Å². The third-order valence-electron chi connectivity index (χ3n) is 5.05. The van der Waals surface area contributed by atoms with E-state index in [1.807, 2.05) is 12.1 Å². The Hall–Kier alpha value is -2.89. The van der Waals surface area contributed by atoms with Crippen LogP contribution in [0.1, 0.15) is 36.5 Å². The van der Waals surface area contributed by atoms with E-state index in [0.717, 1.165) is 29.5 Å². The number of fused-ring (bicyclic) bond motifs is 3. The Morgan fingerprint density at radius 2 is 1.38 bits per heavy atom. The third-order valence-corrected chi connectivity index (χ3v) is 5.42. The monoisotopic (exact) mass is 404 g/mol. The molecule has 0 spiro atoms. The van der Waals surface area contributed by atoms with Crippen LogP contribution in [0.15, 0.2) is 60.7 Å². The van der Waals surface area contributed by atoms with Gasteiger partial charge in [0.15, 0.2) is 0 Å². The van der Waals surface area contributed by atoms with Gasteiger partial charge >= 0.3 is 0 Å². The molecule has 4 aromatic rings. The third kappa shape index (κ3) is 4.11. The molecule has 4 aromatic carbocycles. The number of hydrogen-bond donors (Lipinski definition) is 0. The first-order chi connectivity index (χ1) is 14.0. The summed E-state index contributed by atoms with van der Waals surface area (Å²) in [6, 6.07) is 19.1. The molecule has 0 radical (unpaired) electrons. The fourth-order valence-electron chi connectivity index (χ4n) is 3.51. The van der Waals surface area contributed by atoms with E-state index in [4.69, 9.17) is 11.6 Å². The fourth-order valence-corrected chi connectivity index (χ4v) is 3.62. The van der Waals surface area contributed by atoms with E-state index in [1.54, 1.807) is 0 Å². The lowest BCUT2D eigenvalue weighted by Gasteiger charge is -2.07. The van der Waals surface area contributed by atoms with Crippen LogP contribution >= 0.6 is 11.6 Å². The summed E-state index contributed by atoms with van der Waals surface area (Å²) >= 11 is 5.52. The molecule has 0 amide bonds. The normalized spacial score (nSPS) is 10.9. The number of hydrogen-bond acceptors (Lipinski definition) is 0. The smallest absolute Gasteiger partial charge is 0.146 e. The van der Waals surface area contributed by atoms with Crippen LogP contribution in [0, 0.1) is 23.5 Å². The SMILES string of the molecule is CCCCc1ccc2c(ccc3cc(C#Cc4cc(F)c(Cl)c(F)c4)ccc32)c1. The van der Waals surface area contributed by atoms with E-state index >= 15 is 0 Å². The van der Waals surface area contributed by atoms with Crippen LogP contribution in [0.2, 0.25) is 5.02 Å². The number of unbranched alkanes of at least 4 members (excludes halogenated alkanes) is 1. The lowest BCUT2D eigenvalue weighted by molar-refractivity contribution is 0.583. The molecule has 0 saturated heterocycles. The predicted molar refractivity (Wildman–Crippen MR) is 117 cm³/mol. The van der Waals surface area contributed by atoms with Crippen LogP contribution in [0.25, 0.3) is 21.5 Å². The van der Waals surface area contributed by atoms with Crippen molar-refractivity contribution >= 4 is 33.1 Å². The van der Waals surface area contributed by atoms with Gasteiger partial charge in [0.25, 0.3) is 0 Å². The highest BCUT2D eigenvalue weighted by molar-refractivity contribution is 6.30. The van der Waals surface area contributed by atoms with Gasteiger partial charge in [0, 0.05) is 11.1 Å². The maximum Gasteiger partial charge on any atom is 0.146 e. The van der Waals surface area contributed by atoms with Crippen LogP contribution in [-0.4, -0.2) is 0 Å². The summed E-state index contributed by atoms with van der Waals surface area (Å²) in [7, 11) is 0. The van der Waals surface area contributed by atoms with Gasteiger partial charge in [-0.25, -0.2) is 8.78 Å². The zero-order chi connectivity index (χ0) is 20.4. The molecule has 0 heterocycles. The van der Waals surface area contributed by atoms with Crippen molar-refractivity contribution in [1.29, 1.82) is 0 Å². The minimum absolute atomic E-state index is 0.252. The first-order valence-electron chi connectivity index (χ1n) is 9.67. The highest BCUT2D eigenvalue weighted by atomic mass is 35.5. The summed E-state index contributed by atoms with van der Waals surface area (Å²) in [6.45, 7) is 2.20. The molecule has 0 aromatic heterocycles. The highest BCUT2D eigenvalue weighted by Gasteiger charge is 2.07. The number of benzene rings is 4. The fraction of sp³-hybridized carbons (Fsp3) is 0.154. The zero-order valence-corrected chi connectivity index (χ0v) is 16.8. The molecule has 0 saturated carbocycles. The molecule has 0 aliphatic heterocycles. The molecule has 0 fully saturated rings. The molecule has 0 N–H and O–H groups in total. The van der Waals surface area contributed by atoms with Crippen molar-refractivity contribution in [2.45, 2.75) is 26.2 Å². The van der Waals surface area contributed by atoms with Crippen molar-refractivity contribution in [1.82, 2.24) is 0 Å². The molecule has 144 valence electrons. The molecule has 29 heavy (non-hydrogen) atoms. The average Bonchev–Trinajstić information content (AvgIpc) is 2.73. The van der Waals surface area contributed by atoms with Crippen LogP contribution in [0.3, 0.4) is 0 Å². The largest absolute Gasteiger partial charge is 0.205 e. The lowest BCUT2D eigenvalue weighted by atomic mass is 9.97. The highest BCUT2D eigenvalue weighted by Crippen LogP contribution is 2.27. The Bertz CT molecular complexity index is 1260. The second-order valence-corrected chi connectivity index (χ2v) is 7.54. The first-order valence-corrected chi connectivity index (χ1v) is 10.0. The van der Waals surface area contributed by atoms with Crippen molar-refractivity contribution in [3.8, 4) is 11.8 Å². The molecule has 0 atom stereocenters. The summed E-state index contributed by atoms with van der Waals surface area (Å²) in [5, 5.41) is 4.19. The maximum atomic E-state index is 13.6. The Morgan fingerprint density at radius 3 is 2.07 bits per heavy atom. The van der Waals surface area contributed by atoms with Crippen LogP contribution < -0.4 is 0 Å². The lowest BCUT2D eigenvalue weighted by Crippen LogP contribution is -1.87. The van der Waals surface area contributed by atoms with Crippen molar-refractivity contribution in [3.05, 3.63) is 94.0 Å². The molecule has 0 nitrogen and oxygen atoms in total. The molecular formula is C26H19ClF2. The van der Waals surface area contributed by atoms with Crippen molar-refractivity contribution in [3.63, 3.8) is 0 Å². The van der Waals surface area contributed by atoms with E-state index in [2.05, 4.69) is 55.2 Å². The van der Waals surface area contributed by atoms with Gasteiger partial charge < -0.3 is 0 Å². The standard InChI is InChI=1S/C26H19ClF2/c1-2-3-4-17-7-11-22-20(13-17)9-10-21-14-18(8-12-23(21)22)5-6-19-15-24(28)26(27)25(29)16-19/h7-16H,2-4H2,1H3. The Kier molecular flexibility index (Phi) is 5.51. The maximum absolute atomic E-state index is 13.6. The summed E-state index contributed by atoms with van der Waals surface area (Å²) in [6.07, 6.45) is 3.49. The van der Waals surface area contributed by atoms with E-state index in [-0.39, 0.29) is 5.56 Å². The predicted octanol–water partition coefficient (Wildman–Crippen LogP) is 7.67. The van der Waals surface area contributed by atoms with Gasteiger partial charge in [0.05, 0.1) is 0 Å². The second-order valence-electron chi connectivity index (χ2n) is 7.16. The van der Waals surface area contributed by atoms with Crippen molar-refractivity contribution in [2.24, 2.45) is 0 Å². The Balaban J connectivity index is 1.69. The van der Waals surface area contributed by atoms with E-state index < -0.39 is 16.7 Å². The molecule has 4 rings (SSSR count). The van der Waals surface area contributed by atoms with Gasteiger partial charge in [-0.3, -0.25) is 0 Å². The average molecular weight is 405 g/mol. The quantitative estimate of drug-likeness (QED) is 0.187. The molecular weight excluding hydrogens is 386 g/mol. The topological polar surface area (TPSA) is 0 Å². The molecule has 0 bridgehead atoms. The van der Waals surface area contributed by atoms with E-state index in [0.29, 0.717) is 0 Å². The van der Waals surface area contributed by atoms with Gasteiger partial charge in [0.1, 0.15) is 16.7 Å². The van der Waals surface area contributed by atoms with Gasteiger partial charge in [-0.05, 0) is 64.2 Å². The van der Waals surface area contributed by atoms with Gasteiger partial charge in [-0.2, -0.15) is 0 Å². The zero-order valence-electron chi connectivity index (χ0n) is 16.0. The summed E-state index contributed by atoms with van der Waals surface area (Å²) < 4.78 is 27.2. The minimum atomic E-state index is -0.806. The summed E-state index contributed by atoms with van der Waals surface area (Å²) in [5.41, 5.74) is 2.40. The Morgan fingerprint density at radius 1 is 0.759 bits per heavy atom. The first kappa shape index (κ1) is 19.4. The number of halogens is 3. The second kappa shape index (κ2) is 8.23. The molecule has 0 aliphatic carbocycles. The Labute approximate surface area is 174 Å². The van der Waals surface area contributed by atoms with Gasteiger partial charge in [-0.15, -0.1) is 0 Å². The summed E-state index contributed by atoms with van der Waals surface area (Å²) in [5.74, 6) is 4.18. The van der Waals surface area contributed by atoms with Gasteiger partial charge in [0.2, 0.25) is 0 Å². The number of rotatable bonds is 3. The molecule has 0 aliphatic rings. The van der Waals surface area contributed by atoms with E-state index in [1.165, 1.54) is 34.6 Å². The molecule has 0 unspecified atom stereocenters. The molecule has 3 heteroatoms. The minimum Gasteiger partial charge on any atom is -0.205 e. The van der Waals surface area contributed by atoms with Crippen LogP contribution in [0.4, 0.5) is 8.78 Å².